The topological polar surface area (TPSA) is 62.3 Å². The average molecular weight is 261 g/mol. The van der Waals surface area contributed by atoms with Crippen molar-refractivity contribution in [2.75, 3.05) is 14.2 Å². The molecule has 0 unspecified atom stereocenters. The molecule has 0 spiro atoms. The van der Waals surface area contributed by atoms with Crippen LogP contribution in [0.1, 0.15) is 17.1 Å². The van der Waals surface area contributed by atoms with E-state index in [-0.39, 0.29) is 0 Å². The number of benzene rings is 1. The average Bonchev–Trinajstić information content (AvgIpc) is 2.79. The lowest BCUT2D eigenvalue weighted by Gasteiger charge is -2.10. The summed E-state index contributed by atoms with van der Waals surface area (Å²) < 4.78 is 12.6. The number of rotatable bonds is 5. The second-order valence-corrected chi connectivity index (χ2v) is 4.30. The van der Waals surface area contributed by atoms with Gasteiger partial charge in [-0.15, -0.1) is 0 Å². The first-order valence-corrected chi connectivity index (χ1v) is 6.11. The number of methoxy groups -OCH3 is 2. The van der Waals surface area contributed by atoms with Gasteiger partial charge in [-0.3, -0.25) is 0 Å². The van der Waals surface area contributed by atoms with Gasteiger partial charge < -0.3 is 19.8 Å². The maximum Gasteiger partial charge on any atom is 0.161 e. The second-order valence-electron chi connectivity index (χ2n) is 4.30. The van der Waals surface area contributed by atoms with Crippen LogP contribution >= 0.6 is 0 Å². The van der Waals surface area contributed by atoms with Crippen LogP contribution in [0, 0.1) is 6.92 Å². The van der Waals surface area contributed by atoms with E-state index in [1.54, 1.807) is 14.2 Å². The molecule has 0 bridgehead atoms. The molecule has 0 aliphatic heterocycles. The summed E-state index contributed by atoms with van der Waals surface area (Å²) in [6, 6.07) is 5.90. The van der Waals surface area contributed by atoms with Crippen LogP contribution in [0.2, 0.25) is 0 Å². The highest BCUT2D eigenvalue weighted by atomic mass is 16.5. The smallest absolute Gasteiger partial charge is 0.161 e. The zero-order valence-electron chi connectivity index (χ0n) is 11.5. The van der Waals surface area contributed by atoms with E-state index in [0.29, 0.717) is 6.54 Å². The molecule has 0 atom stereocenters. The third kappa shape index (κ3) is 2.88. The van der Waals surface area contributed by atoms with Gasteiger partial charge in [-0.25, -0.2) is 4.98 Å². The largest absolute Gasteiger partial charge is 0.493 e. The maximum absolute atomic E-state index is 5.60. The summed E-state index contributed by atoms with van der Waals surface area (Å²) in [5, 5.41) is 0. The summed E-state index contributed by atoms with van der Waals surface area (Å²) >= 11 is 0. The number of hydrogen-bond acceptors (Lipinski definition) is 4. The van der Waals surface area contributed by atoms with Gasteiger partial charge >= 0.3 is 0 Å². The summed E-state index contributed by atoms with van der Waals surface area (Å²) in [5.41, 5.74) is 7.62. The molecule has 5 heteroatoms. The molecule has 102 valence electrons. The summed E-state index contributed by atoms with van der Waals surface area (Å²) in [6.45, 7) is 3.17. The first kappa shape index (κ1) is 13.4. The Hall–Kier alpha value is -2.01. The minimum atomic E-state index is 0.458. The van der Waals surface area contributed by atoms with Crippen molar-refractivity contribution in [1.29, 1.82) is 0 Å². The number of aromatic nitrogens is 2. The van der Waals surface area contributed by atoms with Gasteiger partial charge in [0.2, 0.25) is 0 Å². The van der Waals surface area contributed by atoms with E-state index in [1.165, 1.54) is 0 Å². The normalized spacial score (nSPS) is 10.5. The lowest BCUT2D eigenvalue weighted by Crippen LogP contribution is -2.01. The van der Waals surface area contributed by atoms with Crippen LogP contribution in [0.3, 0.4) is 0 Å². The van der Waals surface area contributed by atoms with E-state index < -0.39 is 0 Å². The Morgan fingerprint density at radius 1 is 1.21 bits per heavy atom. The van der Waals surface area contributed by atoms with Crippen LogP contribution in [0.25, 0.3) is 0 Å². The molecule has 1 heterocycles. The van der Waals surface area contributed by atoms with Gasteiger partial charge in [-0.05, 0) is 24.6 Å². The summed E-state index contributed by atoms with van der Waals surface area (Å²) in [7, 11) is 3.27. The number of nitrogens with two attached hydrogens (primary N) is 1. The SMILES string of the molecule is COc1ccc(Cn2cc(CN)nc2C)cc1OC. The van der Waals surface area contributed by atoms with Crippen molar-refractivity contribution in [3.05, 3.63) is 41.5 Å². The number of hydrogen-bond donors (Lipinski definition) is 1. The zero-order valence-corrected chi connectivity index (χ0v) is 11.5. The van der Waals surface area contributed by atoms with Crippen molar-refractivity contribution in [3.8, 4) is 11.5 Å². The van der Waals surface area contributed by atoms with E-state index in [9.17, 15) is 0 Å². The summed E-state index contributed by atoms with van der Waals surface area (Å²) in [4.78, 5) is 4.38. The Kier molecular flexibility index (Phi) is 4.06. The van der Waals surface area contributed by atoms with E-state index in [1.807, 2.05) is 31.3 Å². The number of imidazole rings is 1. The molecule has 5 nitrogen and oxygen atoms in total. The van der Waals surface area contributed by atoms with Crippen LogP contribution in [0.4, 0.5) is 0 Å². The molecule has 0 fully saturated rings. The second kappa shape index (κ2) is 5.75. The molecule has 2 rings (SSSR count). The molecule has 2 aromatic rings. The predicted octanol–water partition coefficient (Wildman–Crippen LogP) is 1.72. The van der Waals surface area contributed by atoms with E-state index in [4.69, 9.17) is 15.2 Å². The van der Waals surface area contributed by atoms with Gasteiger partial charge in [0, 0.05) is 19.3 Å². The van der Waals surface area contributed by atoms with Crippen LogP contribution in [0.5, 0.6) is 11.5 Å². The minimum absolute atomic E-state index is 0.458. The van der Waals surface area contributed by atoms with Crippen LogP contribution in [0.15, 0.2) is 24.4 Å². The summed E-state index contributed by atoms with van der Waals surface area (Å²) in [6.07, 6.45) is 1.98. The Labute approximate surface area is 113 Å². The van der Waals surface area contributed by atoms with Crippen molar-refractivity contribution in [1.82, 2.24) is 9.55 Å². The molecular weight excluding hydrogens is 242 g/mol. The number of ether oxygens (including phenoxy) is 2. The quantitative estimate of drug-likeness (QED) is 0.890. The molecule has 0 aliphatic carbocycles. The first-order valence-electron chi connectivity index (χ1n) is 6.11. The highest BCUT2D eigenvalue weighted by Gasteiger charge is 2.07. The van der Waals surface area contributed by atoms with Crippen molar-refractivity contribution in [2.24, 2.45) is 5.73 Å². The fraction of sp³-hybridized carbons (Fsp3) is 0.357. The highest BCUT2D eigenvalue weighted by Crippen LogP contribution is 2.27. The van der Waals surface area contributed by atoms with Crippen molar-refractivity contribution >= 4 is 0 Å². The molecule has 0 amide bonds. The Morgan fingerprint density at radius 2 is 1.95 bits per heavy atom. The minimum Gasteiger partial charge on any atom is -0.493 e. The number of nitrogens with zero attached hydrogens (tertiary/aromatic N) is 2. The van der Waals surface area contributed by atoms with Gasteiger partial charge in [0.05, 0.1) is 19.9 Å². The molecule has 0 radical (unpaired) electrons. The standard InChI is InChI=1S/C14H19N3O2/c1-10-16-12(7-15)9-17(10)8-11-4-5-13(18-2)14(6-11)19-3/h4-6,9H,7-8,15H2,1-3H3. The van der Waals surface area contributed by atoms with Crippen LogP contribution < -0.4 is 15.2 Å². The van der Waals surface area contributed by atoms with Gasteiger partial charge in [-0.2, -0.15) is 0 Å². The van der Waals surface area contributed by atoms with Gasteiger partial charge in [0.25, 0.3) is 0 Å². The number of aryl methyl sites for hydroxylation is 1. The lowest BCUT2D eigenvalue weighted by atomic mass is 10.2. The molecule has 0 saturated heterocycles. The van der Waals surface area contributed by atoms with Crippen molar-refractivity contribution in [2.45, 2.75) is 20.0 Å². The van der Waals surface area contributed by atoms with Crippen LogP contribution in [-0.4, -0.2) is 23.8 Å². The summed E-state index contributed by atoms with van der Waals surface area (Å²) in [5.74, 6) is 2.42. The monoisotopic (exact) mass is 261 g/mol. The van der Waals surface area contributed by atoms with Crippen LogP contribution in [-0.2, 0) is 13.1 Å². The Bertz CT molecular complexity index is 564. The Balaban J connectivity index is 2.25. The fourth-order valence-corrected chi connectivity index (χ4v) is 2.01. The van der Waals surface area contributed by atoms with E-state index in [2.05, 4.69) is 9.55 Å². The molecular formula is C14H19N3O2. The first-order chi connectivity index (χ1) is 9.17. The molecule has 19 heavy (non-hydrogen) atoms. The predicted molar refractivity (Wildman–Crippen MR) is 73.5 cm³/mol. The van der Waals surface area contributed by atoms with Gasteiger partial charge in [0.15, 0.2) is 11.5 Å². The van der Waals surface area contributed by atoms with Crippen molar-refractivity contribution < 1.29 is 9.47 Å². The van der Waals surface area contributed by atoms with Crippen molar-refractivity contribution in [3.63, 3.8) is 0 Å². The lowest BCUT2D eigenvalue weighted by molar-refractivity contribution is 0.354. The van der Waals surface area contributed by atoms with E-state index in [0.717, 1.165) is 35.1 Å². The molecule has 1 aromatic heterocycles. The third-order valence-electron chi connectivity index (χ3n) is 3.04. The molecule has 0 aliphatic rings. The van der Waals surface area contributed by atoms with Gasteiger partial charge in [-0.1, -0.05) is 6.07 Å². The van der Waals surface area contributed by atoms with E-state index >= 15 is 0 Å². The zero-order chi connectivity index (χ0) is 13.8. The molecule has 2 N–H and O–H groups in total. The maximum atomic E-state index is 5.60. The van der Waals surface area contributed by atoms with Gasteiger partial charge in [0.1, 0.15) is 5.82 Å². The molecule has 1 aromatic carbocycles. The Morgan fingerprint density at radius 3 is 2.53 bits per heavy atom. The highest BCUT2D eigenvalue weighted by molar-refractivity contribution is 5.43. The fourth-order valence-electron chi connectivity index (χ4n) is 2.01. The third-order valence-corrected chi connectivity index (χ3v) is 3.04. The molecule has 0 saturated carbocycles.